The molecular weight excluding hydrogens is 408 g/mol. The Bertz CT molecular complexity index is 918. The summed E-state index contributed by atoms with van der Waals surface area (Å²) in [7, 11) is 3.06. The van der Waals surface area contributed by atoms with Crippen LogP contribution in [0, 0.1) is 0 Å². The van der Waals surface area contributed by atoms with E-state index in [0.29, 0.717) is 47.8 Å². The second-order valence-electron chi connectivity index (χ2n) is 7.59. The largest absolute Gasteiger partial charge is 0.497 e. The molecule has 1 aromatic carbocycles. The number of amides is 2. The lowest BCUT2D eigenvalue weighted by Crippen LogP contribution is -2.38. The van der Waals surface area contributed by atoms with E-state index in [2.05, 4.69) is 10.6 Å². The highest BCUT2D eigenvalue weighted by Crippen LogP contribution is 2.33. The number of carbonyl (C=O) groups excluding carboxylic acids is 2. The molecule has 1 aliphatic carbocycles. The van der Waals surface area contributed by atoms with Crippen molar-refractivity contribution in [3.63, 3.8) is 0 Å². The van der Waals surface area contributed by atoms with Crippen molar-refractivity contribution in [3.05, 3.63) is 51.9 Å². The van der Waals surface area contributed by atoms with Gasteiger partial charge in [-0.25, -0.2) is 0 Å². The van der Waals surface area contributed by atoms with Gasteiger partial charge in [0.05, 0.1) is 18.8 Å². The van der Waals surface area contributed by atoms with Crippen molar-refractivity contribution in [1.82, 2.24) is 10.6 Å². The van der Waals surface area contributed by atoms with Crippen molar-refractivity contribution < 1.29 is 23.8 Å². The van der Waals surface area contributed by atoms with Crippen molar-refractivity contribution in [2.75, 3.05) is 14.2 Å². The Hall–Kier alpha value is -2.51. The second-order valence-corrected chi connectivity index (χ2v) is 8.03. The molecule has 8 heteroatoms. The van der Waals surface area contributed by atoms with Crippen LogP contribution < -0.4 is 15.4 Å². The first-order chi connectivity index (χ1) is 14.3. The van der Waals surface area contributed by atoms with Crippen LogP contribution in [-0.4, -0.2) is 43.2 Å². The van der Waals surface area contributed by atoms with E-state index in [-0.39, 0.29) is 29.7 Å². The Morgan fingerprint density at radius 3 is 2.50 bits per heavy atom. The molecule has 1 fully saturated rings. The Balaban J connectivity index is 1.92. The fraction of sp³-hybridized carbons (Fsp3) is 0.455. The summed E-state index contributed by atoms with van der Waals surface area (Å²) in [5.41, 5.74) is 1.11. The summed E-state index contributed by atoms with van der Waals surface area (Å²) in [5.74, 6) is -0.0129. The van der Waals surface area contributed by atoms with Gasteiger partial charge >= 0.3 is 0 Å². The number of rotatable bonds is 6. The summed E-state index contributed by atoms with van der Waals surface area (Å²) in [6.45, 7) is 1.88. The van der Waals surface area contributed by atoms with Crippen LogP contribution in [0.25, 0.3) is 0 Å². The van der Waals surface area contributed by atoms with Crippen LogP contribution in [-0.2, 0) is 0 Å². The van der Waals surface area contributed by atoms with Gasteiger partial charge in [0.15, 0.2) is 5.76 Å². The molecular formula is C22H27ClN2O5. The lowest BCUT2D eigenvalue weighted by Gasteiger charge is -2.26. The predicted octanol–water partition coefficient (Wildman–Crippen LogP) is 3.49. The average Bonchev–Trinajstić information content (AvgIpc) is 3.19. The molecule has 0 bridgehead atoms. The molecule has 7 nitrogen and oxygen atoms in total. The van der Waals surface area contributed by atoms with Gasteiger partial charge in [0, 0.05) is 30.1 Å². The number of hydrogen-bond acceptors (Lipinski definition) is 5. The standard InChI is InChI=1S/C22H27ClN2O5/c1-12(13-8-14(23)10-17(9-13)29-3)20-18(11-19(30-20)22(28)24-2)21(27)25-15-4-6-16(26)7-5-15/h8-12,15-16,26H,4-7H2,1-3H3,(H,24,28)(H,25,27)/t12-,15-,16-/m0/s1. The van der Waals surface area contributed by atoms with E-state index in [1.165, 1.54) is 13.1 Å². The number of furan rings is 1. The number of methoxy groups -OCH3 is 1. The van der Waals surface area contributed by atoms with Crippen LogP contribution in [0.1, 0.15) is 70.8 Å². The zero-order chi connectivity index (χ0) is 21.8. The first-order valence-electron chi connectivity index (χ1n) is 10.0. The van der Waals surface area contributed by atoms with Gasteiger partial charge in [0.2, 0.25) is 0 Å². The third-order valence-corrected chi connectivity index (χ3v) is 5.73. The summed E-state index contributed by atoms with van der Waals surface area (Å²) in [4.78, 5) is 25.2. The Labute approximate surface area is 180 Å². The molecule has 3 rings (SSSR count). The van der Waals surface area contributed by atoms with Gasteiger partial charge in [-0.3, -0.25) is 9.59 Å². The fourth-order valence-electron chi connectivity index (χ4n) is 3.73. The molecule has 1 aliphatic rings. The van der Waals surface area contributed by atoms with Crippen LogP contribution in [0.2, 0.25) is 5.02 Å². The number of aliphatic hydroxyl groups is 1. The third kappa shape index (κ3) is 4.96. The fourth-order valence-corrected chi connectivity index (χ4v) is 3.96. The van der Waals surface area contributed by atoms with Crippen LogP contribution in [0.3, 0.4) is 0 Å². The van der Waals surface area contributed by atoms with Crippen molar-refractivity contribution in [1.29, 1.82) is 0 Å². The van der Waals surface area contributed by atoms with Crippen molar-refractivity contribution in [2.24, 2.45) is 0 Å². The van der Waals surface area contributed by atoms with Crippen LogP contribution >= 0.6 is 11.6 Å². The van der Waals surface area contributed by atoms with Crippen LogP contribution in [0.4, 0.5) is 0 Å². The smallest absolute Gasteiger partial charge is 0.286 e. The highest BCUT2D eigenvalue weighted by Gasteiger charge is 2.28. The number of ether oxygens (including phenoxy) is 1. The van der Waals surface area contributed by atoms with Gasteiger partial charge in [-0.1, -0.05) is 18.5 Å². The first-order valence-corrected chi connectivity index (χ1v) is 10.4. The van der Waals surface area contributed by atoms with Gasteiger partial charge in [-0.15, -0.1) is 0 Å². The summed E-state index contributed by atoms with van der Waals surface area (Å²) < 4.78 is 11.1. The molecule has 0 spiro atoms. The lowest BCUT2D eigenvalue weighted by atomic mass is 9.92. The Morgan fingerprint density at radius 2 is 1.87 bits per heavy atom. The summed E-state index contributed by atoms with van der Waals surface area (Å²) in [6.07, 6.45) is 2.43. The molecule has 0 unspecified atom stereocenters. The Kier molecular flexibility index (Phi) is 7.05. The molecule has 3 N–H and O–H groups in total. The minimum Gasteiger partial charge on any atom is -0.497 e. The summed E-state index contributed by atoms with van der Waals surface area (Å²) >= 11 is 6.21. The zero-order valence-electron chi connectivity index (χ0n) is 17.3. The predicted molar refractivity (Wildman–Crippen MR) is 113 cm³/mol. The third-order valence-electron chi connectivity index (χ3n) is 5.51. The molecule has 1 heterocycles. The molecule has 162 valence electrons. The van der Waals surface area contributed by atoms with Crippen molar-refractivity contribution in [3.8, 4) is 5.75 Å². The highest BCUT2D eigenvalue weighted by atomic mass is 35.5. The zero-order valence-corrected chi connectivity index (χ0v) is 18.1. The van der Waals surface area contributed by atoms with Gasteiger partial charge < -0.3 is 24.9 Å². The van der Waals surface area contributed by atoms with Crippen molar-refractivity contribution >= 4 is 23.4 Å². The van der Waals surface area contributed by atoms with Crippen LogP contribution in [0.15, 0.2) is 28.7 Å². The van der Waals surface area contributed by atoms with Gasteiger partial charge in [0.25, 0.3) is 11.8 Å². The minimum atomic E-state index is -0.410. The van der Waals surface area contributed by atoms with E-state index in [1.54, 1.807) is 19.2 Å². The quantitative estimate of drug-likeness (QED) is 0.646. The molecule has 0 saturated heterocycles. The molecule has 2 aromatic rings. The number of carbonyl (C=O) groups is 2. The molecule has 0 radical (unpaired) electrons. The minimum absolute atomic E-state index is 0.0197. The SMILES string of the molecule is CNC(=O)c1cc(C(=O)N[C@H]2CC[C@H](O)CC2)c([C@@H](C)c2cc(Cl)cc(OC)c2)o1. The molecule has 2 amide bonds. The molecule has 1 atom stereocenters. The maximum absolute atomic E-state index is 13.0. The van der Waals surface area contributed by atoms with E-state index >= 15 is 0 Å². The number of nitrogens with one attached hydrogen (secondary N) is 2. The molecule has 1 aromatic heterocycles. The first kappa shape index (κ1) is 22.2. The number of benzene rings is 1. The average molecular weight is 435 g/mol. The molecule has 30 heavy (non-hydrogen) atoms. The van der Waals surface area contributed by atoms with Gasteiger partial charge in [-0.05, 0) is 49.4 Å². The van der Waals surface area contributed by atoms with E-state index in [9.17, 15) is 14.7 Å². The van der Waals surface area contributed by atoms with Crippen LogP contribution in [0.5, 0.6) is 5.75 Å². The monoisotopic (exact) mass is 434 g/mol. The van der Waals surface area contributed by atoms with E-state index < -0.39 is 5.91 Å². The van der Waals surface area contributed by atoms with E-state index in [0.717, 1.165) is 5.56 Å². The maximum atomic E-state index is 13.0. The normalized spacial score (nSPS) is 19.8. The van der Waals surface area contributed by atoms with Crippen molar-refractivity contribution in [2.45, 2.75) is 50.7 Å². The van der Waals surface area contributed by atoms with E-state index in [1.807, 2.05) is 13.0 Å². The molecule has 1 saturated carbocycles. The topological polar surface area (TPSA) is 101 Å². The number of hydrogen-bond donors (Lipinski definition) is 3. The highest BCUT2D eigenvalue weighted by molar-refractivity contribution is 6.30. The number of aliphatic hydroxyl groups excluding tert-OH is 1. The Morgan fingerprint density at radius 1 is 1.17 bits per heavy atom. The second kappa shape index (κ2) is 9.53. The molecule has 0 aliphatic heterocycles. The maximum Gasteiger partial charge on any atom is 0.286 e. The summed E-state index contributed by atoms with van der Waals surface area (Å²) in [5, 5.41) is 15.7. The van der Waals surface area contributed by atoms with E-state index in [4.69, 9.17) is 20.8 Å². The van der Waals surface area contributed by atoms with Gasteiger partial charge in [0.1, 0.15) is 11.5 Å². The lowest BCUT2D eigenvalue weighted by molar-refractivity contribution is 0.0864. The number of halogens is 1. The van der Waals surface area contributed by atoms with Gasteiger partial charge in [-0.2, -0.15) is 0 Å². The summed E-state index contributed by atoms with van der Waals surface area (Å²) in [6, 6.07) is 6.75.